The molecule has 0 aliphatic carbocycles. The number of pyridine rings is 1. The molecule has 0 aliphatic rings. The maximum atomic E-state index is 12.3. The first kappa shape index (κ1) is 20.2. The molecule has 0 fully saturated rings. The number of aromatic nitrogens is 1. The molecule has 1 heterocycles. The number of rotatable bonds is 6. The van der Waals surface area contributed by atoms with Crippen LogP contribution in [0.25, 0.3) is 0 Å². The lowest BCUT2D eigenvalue weighted by Crippen LogP contribution is -2.35. The summed E-state index contributed by atoms with van der Waals surface area (Å²) in [4.78, 5) is 29.2. The topological polar surface area (TPSA) is 71.5 Å². The Kier molecular flexibility index (Phi) is 6.38. The number of alkyl halides is 3. The lowest BCUT2D eigenvalue weighted by molar-refractivity contribution is -0.154. The highest BCUT2D eigenvalue weighted by molar-refractivity contribution is 5.99. The van der Waals surface area contributed by atoms with Crippen LogP contribution in [0.3, 0.4) is 0 Å². The zero-order chi connectivity index (χ0) is 20.0. The number of benzene rings is 1. The summed E-state index contributed by atoms with van der Waals surface area (Å²) in [6.45, 7) is 0.261. The number of likely N-dealkylation sites (N-methyl/N-ethyl adjacent to an activating group) is 1. The Morgan fingerprint density at radius 3 is 2.37 bits per heavy atom. The number of hydrogen-bond acceptors (Lipinski definition) is 4. The van der Waals surface area contributed by atoms with Crippen molar-refractivity contribution in [3.63, 3.8) is 0 Å². The summed E-state index contributed by atoms with van der Waals surface area (Å²) in [7, 11) is 1.44. The van der Waals surface area contributed by atoms with Gasteiger partial charge in [-0.15, -0.1) is 0 Å². The van der Waals surface area contributed by atoms with Crippen molar-refractivity contribution in [3.8, 4) is 5.88 Å². The summed E-state index contributed by atoms with van der Waals surface area (Å²) in [6, 6.07) is 9.64. The van der Waals surface area contributed by atoms with Crippen molar-refractivity contribution in [2.75, 3.05) is 25.5 Å². The Balaban J connectivity index is 1.90. The Hall–Kier alpha value is -3.10. The summed E-state index contributed by atoms with van der Waals surface area (Å²) >= 11 is 0. The van der Waals surface area contributed by atoms with Gasteiger partial charge in [0.15, 0.2) is 6.61 Å². The first-order valence-corrected chi connectivity index (χ1v) is 7.91. The minimum atomic E-state index is -4.47. The zero-order valence-electron chi connectivity index (χ0n) is 14.7. The highest BCUT2D eigenvalue weighted by Crippen LogP contribution is 2.17. The van der Waals surface area contributed by atoms with Crippen molar-refractivity contribution in [1.82, 2.24) is 9.88 Å². The van der Waals surface area contributed by atoms with Gasteiger partial charge < -0.3 is 15.0 Å². The maximum absolute atomic E-state index is 12.3. The molecule has 6 nitrogen and oxygen atoms in total. The minimum Gasteiger partial charge on any atom is -0.468 e. The van der Waals surface area contributed by atoms with E-state index in [9.17, 15) is 22.8 Å². The maximum Gasteiger partial charge on any atom is 0.422 e. The molecule has 0 saturated carbocycles. The van der Waals surface area contributed by atoms with E-state index in [1.165, 1.54) is 24.1 Å². The molecule has 0 atom stereocenters. The number of aryl methyl sites for hydroxylation is 1. The van der Waals surface area contributed by atoms with E-state index in [0.717, 1.165) is 11.8 Å². The molecule has 1 N–H and O–H groups in total. The molecule has 0 spiro atoms. The van der Waals surface area contributed by atoms with Gasteiger partial charge in [0.1, 0.15) is 0 Å². The van der Waals surface area contributed by atoms with Crippen LogP contribution in [-0.4, -0.2) is 48.1 Å². The van der Waals surface area contributed by atoms with E-state index in [-0.39, 0.29) is 23.9 Å². The summed E-state index contributed by atoms with van der Waals surface area (Å²) in [5.41, 5.74) is 1.79. The van der Waals surface area contributed by atoms with E-state index in [1.807, 2.05) is 19.1 Å². The van der Waals surface area contributed by atoms with Crippen LogP contribution in [0.2, 0.25) is 0 Å². The van der Waals surface area contributed by atoms with E-state index < -0.39 is 18.7 Å². The molecule has 2 rings (SSSR count). The second-order valence-electron chi connectivity index (χ2n) is 5.86. The van der Waals surface area contributed by atoms with E-state index in [4.69, 9.17) is 0 Å². The second-order valence-corrected chi connectivity index (χ2v) is 5.86. The third-order valence-electron chi connectivity index (χ3n) is 3.43. The summed E-state index contributed by atoms with van der Waals surface area (Å²) < 4.78 is 40.8. The van der Waals surface area contributed by atoms with Crippen LogP contribution in [0.5, 0.6) is 5.88 Å². The number of ether oxygens (including phenoxy) is 1. The number of anilines is 1. The van der Waals surface area contributed by atoms with E-state index in [1.54, 1.807) is 12.1 Å². The number of halogens is 3. The molecule has 0 radical (unpaired) electrons. The smallest absolute Gasteiger partial charge is 0.422 e. The number of nitrogens with one attached hydrogen (secondary N) is 1. The van der Waals surface area contributed by atoms with Gasteiger partial charge in [-0.05, 0) is 25.1 Å². The highest BCUT2D eigenvalue weighted by atomic mass is 19.4. The standard InChI is InChI=1S/C18H18F3N3O3/c1-12-3-6-14(7-4-12)23-15(25)10-24(2)17(26)13-5-8-16(22-9-13)27-11-18(19,20)21/h3-9H,10-11H2,1-2H3,(H,23,25). The molecule has 144 valence electrons. The molecular weight excluding hydrogens is 363 g/mol. The quantitative estimate of drug-likeness (QED) is 0.835. The van der Waals surface area contributed by atoms with Gasteiger partial charge in [0.25, 0.3) is 5.91 Å². The third-order valence-corrected chi connectivity index (χ3v) is 3.43. The van der Waals surface area contributed by atoms with Crippen LogP contribution in [0.15, 0.2) is 42.6 Å². The SMILES string of the molecule is Cc1ccc(NC(=O)CN(C)C(=O)c2ccc(OCC(F)(F)F)nc2)cc1. The van der Waals surface area contributed by atoms with Gasteiger partial charge in [-0.3, -0.25) is 9.59 Å². The molecule has 2 aromatic rings. The molecule has 0 saturated heterocycles. The van der Waals surface area contributed by atoms with Gasteiger partial charge >= 0.3 is 6.18 Å². The lowest BCUT2D eigenvalue weighted by Gasteiger charge is -2.17. The minimum absolute atomic E-state index is 0.125. The predicted octanol–water partition coefficient (Wildman–Crippen LogP) is 3.04. The normalized spacial score (nSPS) is 11.0. The number of nitrogens with zero attached hydrogens (tertiary/aromatic N) is 2. The van der Waals surface area contributed by atoms with Gasteiger partial charge in [0.2, 0.25) is 11.8 Å². The average molecular weight is 381 g/mol. The zero-order valence-corrected chi connectivity index (χ0v) is 14.7. The van der Waals surface area contributed by atoms with Gasteiger partial charge in [0, 0.05) is 25.0 Å². The molecule has 0 aliphatic heterocycles. The lowest BCUT2D eigenvalue weighted by atomic mass is 10.2. The summed E-state index contributed by atoms with van der Waals surface area (Å²) in [5.74, 6) is -1.12. The molecule has 0 unspecified atom stereocenters. The largest absolute Gasteiger partial charge is 0.468 e. The van der Waals surface area contributed by atoms with Gasteiger partial charge in [-0.2, -0.15) is 13.2 Å². The Bertz CT molecular complexity index is 790. The monoisotopic (exact) mass is 381 g/mol. The fourth-order valence-corrected chi connectivity index (χ4v) is 2.09. The van der Waals surface area contributed by atoms with Crippen LogP contribution in [-0.2, 0) is 4.79 Å². The number of carbonyl (C=O) groups is 2. The summed E-state index contributed by atoms with van der Waals surface area (Å²) in [5, 5.41) is 2.67. The Morgan fingerprint density at radius 2 is 1.81 bits per heavy atom. The second kappa shape index (κ2) is 8.52. The van der Waals surface area contributed by atoms with Crippen LogP contribution in [0.1, 0.15) is 15.9 Å². The summed E-state index contributed by atoms with van der Waals surface area (Å²) in [6.07, 6.45) is -3.37. The number of hydrogen-bond donors (Lipinski definition) is 1. The molecule has 1 aromatic heterocycles. The van der Waals surface area contributed by atoms with E-state index in [2.05, 4.69) is 15.0 Å². The van der Waals surface area contributed by atoms with Crippen molar-refractivity contribution in [1.29, 1.82) is 0 Å². The fourth-order valence-electron chi connectivity index (χ4n) is 2.09. The van der Waals surface area contributed by atoms with Crippen LogP contribution >= 0.6 is 0 Å². The van der Waals surface area contributed by atoms with Crippen LogP contribution < -0.4 is 10.1 Å². The van der Waals surface area contributed by atoms with Crippen molar-refractivity contribution in [2.45, 2.75) is 13.1 Å². The average Bonchev–Trinajstić information content (AvgIpc) is 2.61. The van der Waals surface area contributed by atoms with Crippen LogP contribution in [0.4, 0.5) is 18.9 Å². The highest BCUT2D eigenvalue weighted by Gasteiger charge is 2.28. The molecule has 2 amide bonds. The van der Waals surface area contributed by atoms with Crippen molar-refractivity contribution < 1.29 is 27.5 Å². The molecule has 0 bridgehead atoms. The van der Waals surface area contributed by atoms with Crippen LogP contribution in [0, 0.1) is 6.92 Å². The van der Waals surface area contributed by atoms with Gasteiger partial charge in [-0.25, -0.2) is 4.98 Å². The molecule has 1 aromatic carbocycles. The number of carbonyl (C=O) groups excluding carboxylic acids is 2. The Labute approximate surface area is 154 Å². The van der Waals surface area contributed by atoms with Crippen molar-refractivity contribution in [2.24, 2.45) is 0 Å². The molecule has 9 heteroatoms. The molecule has 27 heavy (non-hydrogen) atoms. The first-order chi connectivity index (χ1) is 12.6. The van der Waals surface area contributed by atoms with Crippen molar-refractivity contribution >= 4 is 17.5 Å². The fraction of sp³-hybridized carbons (Fsp3) is 0.278. The molecular formula is C18H18F3N3O3. The van der Waals surface area contributed by atoms with Gasteiger partial charge in [0.05, 0.1) is 12.1 Å². The third kappa shape index (κ3) is 6.61. The predicted molar refractivity (Wildman–Crippen MR) is 92.6 cm³/mol. The van der Waals surface area contributed by atoms with Crippen molar-refractivity contribution in [3.05, 3.63) is 53.7 Å². The Morgan fingerprint density at radius 1 is 1.15 bits per heavy atom. The van der Waals surface area contributed by atoms with E-state index >= 15 is 0 Å². The first-order valence-electron chi connectivity index (χ1n) is 7.91. The van der Waals surface area contributed by atoms with E-state index in [0.29, 0.717) is 5.69 Å². The van der Waals surface area contributed by atoms with Gasteiger partial charge in [-0.1, -0.05) is 17.7 Å². The number of amides is 2.